The number of aliphatic hydroxyl groups excluding tert-OH is 1. The molecule has 9 heteroatoms. The van der Waals surface area contributed by atoms with E-state index in [0.717, 1.165) is 10.4 Å². The van der Waals surface area contributed by atoms with Gasteiger partial charge in [0.1, 0.15) is 23.7 Å². The number of esters is 1. The molecule has 3 heterocycles. The molecule has 2 aliphatic heterocycles. The highest BCUT2D eigenvalue weighted by Gasteiger charge is 2.54. The Labute approximate surface area is 181 Å². The van der Waals surface area contributed by atoms with Gasteiger partial charge in [-0.25, -0.2) is 4.79 Å². The average molecular weight is 445 g/mol. The molecule has 2 amide bonds. The maximum atomic E-state index is 12.8. The van der Waals surface area contributed by atoms with E-state index >= 15 is 0 Å². The van der Waals surface area contributed by atoms with E-state index in [9.17, 15) is 19.5 Å². The number of hydrogen-bond donors (Lipinski definition) is 2. The van der Waals surface area contributed by atoms with Crippen molar-refractivity contribution in [3.63, 3.8) is 0 Å². The van der Waals surface area contributed by atoms with E-state index in [1.54, 1.807) is 0 Å². The Morgan fingerprint density at radius 1 is 1.20 bits per heavy atom. The van der Waals surface area contributed by atoms with Crippen LogP contribution in [0, 0.1) is 0 Å². The Kier molecular flexibility index (Phi) is 6.21. The van der Waals surface area contributed by atoms with Gasteiger partial charge in [0.15, 0.2) is 0 Å². The molecule has 1 saturated heterocycles. The van der Waals surface area contributed by atoms with Crippen molar-refractivity contribution in [2.75, 3.05) is 12.4 Å². The third-order valence-corrected chi connectivity index (χ3v) is 7.09. The molecule has 7 nitrogen and oxygen atoms in total. The number of benzene rings is 1. The first-order chi connectivity index (χ1) is 14.6. The quantitative estimate of drug-likeness (QED) is 0.498. The number of ether oxygens (including phenoxy) is 1. The largest absolute Gasteiger partial charge is 0.456 e. The highest BCUT2D eigenvalue weighted by molar-refractivity contribution is 8.00. The van der Waals surface area contributed by atoms with Crippen molar-refractivity contribution in [1.29, 1.82) is 0 Å². The zero-order chi connectivity index (χ0) is 21.1. The smallest absolute Gasteiger partial charge is 0.355 e. The van der Waals surface area contributed by atoms with Crippen LogP contribution in [0.3, 0.4) is 0 Å². The van der Waals surface area contributed by atoms with Gasteiger partial charge in [-0.05, 0) is 22.6 Å². The topological polar surface area (TPSA) is 95.9 Å². The summed E-state index contributed by atoms with van der Waals surface area (Å²) >= 11 is 2.89. The van der Waals surface area contributed by atoms with Gasteiger partial charge in [0.05, 0.1) is 13.0 Å². The number of aliphatic hydroxyl groups is 1. The summed E-state index contributed by atoms with van der Waals surface area (Å²) in [5, 5.41) is 14.0. The summed E-state index contributed by atoms with van der Waals surface area (Å²) in [6.45, 7) is -0.266. The molecule has 0 bridgehead atoms. The minimum absolute atomic E-state index is 0.0721. The van der Waals surface area contributed by atoms with E-state index in [-0.39, 0.29) is 42.5 Å². The molecule has 4 rings (SSSR count). The van der Waals surface area contributed by atoms with Crippen LogP contribution in [-0.2, 0) is 32.1 Å². The molecule has 1 aromatic heterocycles. The number of nitrogens with one attached hydrogen (secondary N) is 1. The summed E-state index contributed by atoms with van der Waals surface area (Å²) in [5.74, 6) is -0.867. The highest BCUT2D eigenvalue weighted by atomic mass is 32.2. The first kappa shape index (κ1) is 20.6. The van der Waals surface area contributed by atoms with E-state index in [2.05, 4.69) is 5.32 Å². The van der Waals surface area contributed by atoms with E-state index in [4.69, 9.17) is 4.74 Å². The van der Waals surface area contributed by atoms with E-state index in [1.165, 1.54) is 28.0 Å². The third kappa shape index (κ3) is 4.14. The first-order valence-electron chi connectivity index (χ1n) is 9.39. The molecule has 1 aromatic carbocycles. The predicted molar refractivity (Wildman–Crippen MR) is 113 cm³/mol. The molecular formula is C21H20N2O5S2. The van der Waals surface area contributed by atoms with Crippen molar-refractivity contribution >= 4 is 40.9 Å². The second-order valence-electron chi connectivity index (χ2n) is 6.88. The SMILES string of the molecule is O=C(Cc1cccs1)NC1C(=O)N2C(C(=O)OCc3ccccc3)=C(CO)CS[C@@H]12. The van der Waals surface area contributed by atoms with Crippen molar-refractivity contribution in [3.05, 3.63) is 69.6 Å². The molecule has 1 fully saturated rings. The van der Waals surface area contributed by atoms with Crippen molar-refractivity contribution in [2.24, 2.45) is 0 Å². The number of rotatable bonds is 7. The summed E-state index contributed by atoms with van der Waals surface area (Å²) in [4.78, 5) is 40.1. The lowest BCUT2D eigenvalue weighted by Gasteiger charge is -2.49. The minimum Gasteiger partial charge on any atom is -0.456 e. The van der Waals surface area contributed by atoms with Crippen molar-refractivity contribution in [1.82, 2.24) is 10.2 Å². The monoisotopic (exact) mass is 444 g/mol. The number of amides is 2. The van der Waals surface area contributed by atoms with Gasteiger partial charge in [-0.1, -0.05) is 36.4 Å². The van der Waals surface area contributed by atoms with Crippen molar-refractivity contribution < 1.29 is 24.2 Å². The van der Waals surface area contributed by atoms with Gasteiger partial charge in [-0.2, -0.15) is 0 Å². The van der Waals surface area contributed by atoms with Crippen LogP contribution in [0.5, 0.6) is 0 Å². The normalized spacial score (nSPS) is 20.4. The molecule has 2 atom stereocenters. The summed E-state index contributed by atoms with van der Waals surface area (Å²) in [5.41, 5.74) is 1.37. The maximum absolute atomic E-state index is 12.8. The average Bonchev–Trinajstić information content (AvgIpc) is 3.28. The highest BCUT2D eigenvalue weighted by Crippen LogP contribution is 2.40. The predicted octanol–water partition coefficient (Wildman–Crippen LogP) is 1.68. The van der Waals surface area contributed by atoms with Crippen LogP contribution in [-0.4, -0.2) is 51.6 Å². The number of β-lactam (4-membered cyclic amide) rings is 1. The molecule has 30 heavy (non-hydrogen) atoms. The summed E-state index contributed by atoms with van der Waals surface area (Å²) in [6, 6.07) is 12.3. The van der Waals surface area contributed by atoms with Crippen LogP contribution in [0.1, 0.15) is 10.4 Å². The fourth-order valence-electron chi connectivity index (χ4n) is 3.38. The van der Waals surface area contributed by atoms with Crippen LogP contribution in [0.2, 0.25) is 0 Å². The van der Waals surface area contributed by atoms with Gasteiger partial charge in [0.25, 0.3) is 5.91 Å². The van der Waals surface area contributed by atoms with Gasteiger partial charge < -0.3 is 15.2 Å². The van der Waals surface area contributed by atoms with Crippen LogP contribution in [0.25, 0.3) is 0 Å². The van der Waals surface area contributed by atoms with Gasteiger partial charge in [0, 0.05) is 10.6 Å². The maximum Gasteiger partial charge on any atom is 0.355 e. The summed E-state index contributed by atoms with van der Waals surface area (Å²) in [7, 11) is 0. The first-order valence-corrected chi connectivity index (χ1v) is 11.3. The molecule has 2 aliphatic rings. The molecular weight excluding hydrogens is 424 g/mol. The number of carbonyl (C=O) groups is 3. The number of nitrogens with zero attached hydrogens (tertiary/aromatic N) is 1. The Bertz CT molecular complexity index is 975. The Morgan fingerprint density at radius 3 is 2.70 bits per heavy atom. The molecule has 0 aliphatic carbocycles. The zero-order valence-corrected chi connectivity index (χ0v) is 17.6. The third-order valence-electron chi connectivity index (χ3n) is 4.88. The van der Waals surface area contributed by atoms with Crippen LogP contribution in [0.4, 0.5) is 0 Å². The van der Waals surface area contributed by atoms with Crippen LogP contribution < -0.4 is 5.32 Å². The molecule has 156 valence electrons. The molecule has 0 spiro atoms. The molecule has 2 aromatic rings. The fraction of sp³-hybridized carbons (Fsp3) is 0.286. The number of thioether (sulfide) groups is 1. The molecule has 2 N–H and O–H groups in total. The number of fused-ring (bicyclic) bond motifs is 1. The van der Waals surface area contributed by atoms with Crippen molar-refractivity contribution in [2.45, 2.75) is 24.4 Å². The summed E-state index contributed by atoms with van der Waals surface area (Å²) < 4.78 is 5.39. The van der Waals surface area contributed by atoms with E-state index in [1.807, 2.05) is 47.8 Å². The number of thiophene rings is 1. The lowest BCUT2D eigenvalue weighted by atomic mass is 10.0. The van der Waals surface area contributed by atoms with Crippen LogP contribution >= 0.6 is 23.1 Å². The fourth-order valence-corrected chi connectivity index (χ4v) is 5.42. The Morgan fingerprint density at radius 2 is 2.00 bits per heavy atom. The summed E-state index contributed by atoms with van der Waals surface area (Å²) in [6.07, 6.45) is 0.211. The van der Waals surface area contributed by atoms with Gasteiger partial charge in [-0.3, -0.25) is 14.5 Å². The Balaban J connectivity index is 1.43. The zero-order valence-electron chi connectivity index (χ0n) is 15.9. The Hall–Kier alpha value is -2.62. The lowest BCUT2D eigenvalue weighted by Crippen LogP contribution is -2.70. The number of hydrogen-bond acceptors (Lipinski definition) is 7. The standard InChI is InChI=1S/C21H20N2O5S2/c24-10-14-12-30-20-17(22-16(25)9-15-7-4-8-29-15)19(26)23(20)18(14)21(27)28-11-13-5-2-1-3-6-13/h1-8,17,20,24H,9-12H2,(H,22,25)/t17?,20-/m0/s1. The van der Waals surface area contributed by atoms with Crippen molar-refractivity contribution in [3.8, 4) is 0 Å². The van der Waals surface area contributed by atoms with Crippen LogP contribution in [0.15, 0.2) is 59.1 Å². The molecule has 0 radical (unpaired) electrons. The lowest BCUT2D eigenvalue weighted by molar-refractivity contribution is -0.153. The number of carbonyl (C=O) groups excluding carboxylic acids is 3. The minimum atomic E-state index is -0.695. The van der Waals surface area contributed by atoms with E-state index in [0.29, 0.717) is 11.3 Å². The molecule has 1 unspecified atom stereocenters. The second kappa shape index (κ2) is 9.03. The van der Waals surface area contributed by atoms with Gasteiger partial charge in [-0.15, -0.1) is 23.1 Å². The molecule has 0 saturated carbocycles. The van der Waals surface area contributed by atoms with Gasteiger partial charge >= 0.3 is 5.97 Å². The van der Waals surface area contributed by atoms with Gasteiger partial charge in [0.2, 0.25) is 5.91 Å². The second-order valence-corrected chi connectivity index (χ2v) is 9.02. The van der Waals surface area contributed by atoms with E-state index < -0.39 is 12.0 Å².